The number of benzene rings is 1. The molecule has 1 atom stereocenters. The van der Waals surface area contributed by atoms with Gasteiger partial charge in [-0.1, -0.05) is 6.92 Å². The Labute approximate surface area is 156 Å². The molecule has 1 aliphatic rings. The number of nitrogens with zero attached hydrogens (tertiary/aromatic N) is 4. The maximum Gasteiger partial charge on any atom is 0.364 e. The summed E-state index contributed by atoms with van der Waals surface area (Å²) in [6.07, 6.45) is 0. The number of fused-ring (bicyclic) bond motifs is 3. The third-order valence-corrected chi connectivity index (χ3v) is 5.23. The number of H-pyrrole nitrogens is 1. The molecule has 0 amide bonds. The summed E-state index contributed by atoms with van der Waals surface area (Å²) < 4.78 is 10.0. The predicted molar refractivity (Wildman–Crippen MR) is 103 cm³/mol. The fraction of sp³-hybridized carbons (Fsp3) is 0.421. The first-order chi connectivity index (χ1) is 13.0. The minimum atomic E-state index is -0.307. The molecule has 8 nitrogen and oxygen atoms in total. The number of anilines is 2. The highest BCUT2D eigenvalue weighted by molar-refractivity contribution is 5.70. The van der Waals surface area contributed by atoms with Crippen molar-refractivity contribution in [3.63, 3.8) is 0 Å². The molecule has 0 bridgehead atoms. The van der Waals surface area contributed by atoms with Gasteiger partial charge in [-0.2, -0.15) is 0 Å². The molecule has 0 aliphatic carbocycles. The molecule has 2 aromatic heterocycles. The molecule has 4 rings (SSSR count). The van der Waals surface area contributed by atoms with Gasteiger partial charge in [-0.25, -0.2) is 19.2 Å². The van der Waals surface area contributed by atoms with Crippen molar-refractivity contribution in [2.24, 2.45) is 13.0 Å². The maximum absolute atomic E-state index is 13.0. The zero-order valence-electron chi connectivity index (χ0n) is 16.0. The van der Waals surface area contributed by atoms with E-state index in [1.165, 1.54) is 9.13 Å². The van der Waals surface area contributed by atoms with E-state index in [2.05, 4.69) is 16.8 Å². The van der Waals surface area contributed by atoms with Gasteiger partial charge in [-0.15, -0.1) is 0 Å². The van der Waals surface area contributed by atoms with Crippen LogP contribution in [0.4, 0.5) is 11.6 Å². The Hall–Kier alpha value is -3.03. The Morgan fingerprint density at radius 1 is 1.26 bits per heavy atom. The van der Waals surface area contributed by atoms with Gasteiger partial charge in [-0.05, 0) is 31.2 Å². The first kappa shape index (κ1) is 17.4. The molecular formula is C19H24N5O3+. The summed E-state index contributed by atoms with van der Waals surface area (Å²) in [5.74, 6) is 1.95. The van der Waals surface area contributed by atoms with Gasteiger partial charge in [0.05, 0.1) is 20.2 Å². The van der Waals surface area contributed by atoms with Crippen LogP contribution in [-0.2, 0) is 20.1 Å². The number of aromatic nitrogens is 4. The molecule has 0 spiro atoms. The van der Waals surface area contributed by atoms with Crippen molar-refractivity contribution in [3.05, 3.63) is 45.1 Å². The van der Waals surface area contributed by atoms with E-state index in [0.717, 1.165) is 30.5 Å². The van der Waals surface area contributed by atoms with Crippen molar-refractivity contribution in [3.8, 4) is 5.75 Å². The van der Waals surface area contributed by atoms with Crippen LogP contribution in [0.3, 0.4) is 0 Å². The zero-order valence-corrected chi connectivity index (χ0v) is 16.0. The van der Waals surface area contributed by atoms with Crippen molar-refractivity contribution in [2.75, 3.05) is 18.6 Å². The van der Waals surface area contributed by atoms with E-state index in [4.69, 9.17) is 4.74 Å². The van der Waals surface area contributed by atoms with Crippen molar-refractivity contribution in [1.82, 2.24) is 14.1 Å². The van der Waals surface area contributed by atoms with Gasteiger partial charge < -0.3 is 4.74 Å². The van der Waals surface area contributed by atoms with Crippen LogP contribution in [0.5, 0.6) is 5.75 Å². The van der Waals surface area contributed by atoms with Gasteiger partial charge in [0.2, 0.25) is 11.2 Å². The SMILES string of the molecule is CCn1c(=O)c2c([nH]c3[n+]2C[C@@H](C)CN3c2ccc(OC)cc2)n(C)c1=O. The van der Waals surface area contributed by atoms with Crippen molar-refractivity contribution in [2.45, 2.75) is 26.9 Å². The highest BCUT2D eigenvalue weighted by Crippen LogP contribution is 2.29. The second-order valence-electron chi connectivity index (χ2n) is 7.06. The standard InChI is InChI=1S/C19H23N5O3/c1-5-22-17(25)15-16(21(3)19(22)26)20-18-23(10-12(2)11-24(15)18)13-6-8-14(27-4)9-7-13/h6-9,12H,5,10-11H2,1-4H3/p+1/t12-/m0/s1. The Balaban J connectivity index is 1.98. The molecule has 27 heavy (non-hydrogen) atoms. The molecule has 1 aliphatic heterocycles. The average molecular weight is 370 g/mol. The molecule has 0 saturated heterocycles. The Morgan fingerprint density at radius 2 is 1.96 bits per heavy atom. The van der Waals surface area contributed by atoms with E-state index < -0.39 is 0 Å². The molecule has 142 valence electrons. The number of rotatable bonds is 3. The summed E-state index contributed by atoms with van der Waals surface area (Å²) in [5, 5.41) is 0. The molecule has 3 heterocycles. The van der Waals surface area contributed by atoms with E-state index in [1.807, 2.05) is 35.8 Å². The summed E-state index contributed by atoms with van der Waals surface area (Å²) in [6, 6.07) is 7.83. The first-order valence-corrected chi connectivity index (χ1v) is 9.13. The number of methoxy groups -OCH3 is 1. The lowest BCUT2D eigenvalue weighted by Gasteiger charge is -2.26. The van der Waals surface area contributed by atoms with E-state index in [0.29, 0.717) is 23.6 Å². The van der Waals surface area contributed by atoms with E-state index in [-0.39, 0.29) is 11.2 Å². The first-order valence-electron chi connectivity index (χ1n) is 9.13. The largest absolute Gasteiger partial charge is 0.497 e. The maximum atomic E-state index is 13.0. The lowest BCUT2D eigenvalue weighted by atomic mass is 10.1. The molecule has 0 fully saturated rings. The van der Waals surface area contributed by atoms with Crippen LogP contribution >= 0.6 is 0 Å². The van der Waals surface area contributed by atoms with Crippen molar-refractivity contribution < 1.29 is 9.30 Å². The van der Waals surface area contributed by atoms with E-state index in [9.17, 15) is 9.59 Å². The molecule has 3 aromatic rings. The number of ether oxygens (including phenoxy) is 1. The van der Waals surface area contributed by atoms with Gasteiger partial charge in [0.1, 0.15) is 11.4 Å². The molecule has 0 saturated carbocycles. The van der Waals surface area contributed by atoms with Gasteiger partial charge in [-0.3, -0.25) is 13.9 Å². The number of aryl methyl sites for hydroxylation is 1. The minimum Gasteiger partial charge on any atom is -0.497 e. The molecule has 1 N–H and O–H groups in total. The molecule has 0 radical (unpaired) electrons. The fourth-order valence-corrected chi connectivity index (χ4v) is 3.84. The molecule has 0 unspecified atom stereocenters. The lowest BCUT2D eigenvalue weighted by molar-refractivity contribution is -0.669. The number of hydrogen-bond acceptors (Lipinski definition) is 4. The summed E-state index contributed by atoms with van der Waals surface area (Å²) in [4.78, 5) is 30.9. The topological polar surface area (TPSA) is 76.1 Å². The minimum absolute atomic E-state index is 0.248. The Kier molecular flexibility index (Phi) is 4.05. The lowest BCUT2D eigenvalue weighted by Crippen LogP contribution is -2.52. The summed E-state index contributed by atoms with van der Waals surface area (Å²) in [7, 11) is 3.34. The van der Waals surface area contributed by atoms with Crippen LogP contribution in [0, 0.1) is 5.92 Å². The van der Waals surface area contributed by atoms with Crippen LogP contribution in [0.15, 0.2) is 33.9 Å². The average Bonchev–Trinajstić information content (AvgIpc) is 3.06. The second-order valence-corrected chi connectivity index (χ2v) is 7.06. The van der Waals surface area contributed by atoms with Gasteiger partial charge in [0, 0.05) is 19.5 Å². The van der Waals surface area contributed by atoms with Gasteiger partial charge >= 0.3 is 11.6 Å². The predicted octanol–water partition coefficient (Wildman–Crippen LogP) is 1.13. The number of nitrogens with one attached hydrogen (secondary N) is 1. The highest BCUT2D eigenvalue weighted by atomic mass is 16.5. The van der Waals surface area contributed by atoms with Crippen LogP contribution in [0.25, 0.3) is 11.2 Å². The molecule has 1 aromatic carbocycles. The normalized spacial score (nSPS) is 16.6. The smallest absolute Gasteiger partial charge is 0.364 e. The number of hydrogen-bond donors (Lipinski definition) is 1. The molecule has 8 heteroatoms. The van der Waals surface area contributed by atoms with Gasteiger partial charge in [0.25, 0.3) is 5.56 Å². The van der Waals surface area contributed by atoms with Crippen molar-refractivity contribution >= 4 is 22.8 Å². The summed E-state index contributed by atoms with van der Waals surface area (Å²) in [5.41, 5.74) is 1.54. The van der Waals surface area contributed by atoms with Crippen LogP contribution < -0.4 is 25.5 Å². The quantitative estimate of drug-likeness (QED) is 0.702. The van der Waals surface area contributed by atoms with Crippen LogP contribution in [0.1, 0.15) is 13.8 Å². The summed E-state index contributed by atoms with van der Waals surface area (Å²) >= 11 is 0. The number of aromatic amines is 1. The van der Waals surface area contributed by atoms with Gasteiger partial charge in [0.15, 0.2) is 0 Å². The number of imidazole rings is 1. The second kappa shape index (κ2) is 6.29. The third-order valence-electron chi connectivity index (χ3n) is 5.23. The van der Waals surface area contributed by atoms with E-state index in [1.54, 1.807) is 14.2 Å². The van der Waals surface area contributed by atoms with Crippen molar-refractivity contribution in [1.29, 1.82) is 0 Å². The van der Waals surface area contributed by atoms with Crippen LogP contribution in [0.2, 0.25) is 0 Å². The zero-order chi connectivity index (χ0) is 19.3. The molecular weight excluding hydrogens is 346 g/mol. The Bertz CT molecular complexity index is 1120. The third kappa shape index (κ3) is 2.55. The highest BCUT2D eigenvalue weighted by Gasteiger charge is 2.35. The van der Waals surface area contributed by atoms with Crippen LogP contribution in [-0.4, -0.2) is 27.8 Å². The monoisotopic (exact) mass is 370 g/mol. The van der Waals surface area contributed by atoms with E-state index >= 15 is 0 Å². The fourth-order valence-electron chi connectivity index (χ4n) is 3.84. The Morgan fingerprint density at radius 3 is 2.59 bits per heavy atom. The summed E-state index contributed by atoms with van der Waals surface area (Å²) in [6.45, 7) is 5.85.